The van der Waals surface area contributed by atoms with Crippen molar-refractivity contribution in [2.45, 2.75) is 32.2 Å². The smallest absolute Gasteiger partial charge is 0.00985 e. The quantitative estimate of drug-likeness (QED) is 0.520. The van der Waals surface area contributed by atoms with Gasteiger partial charge in [0.25, 0.3) is 0 Å². The van der Waals surface area contributed by atoms with E-state index in [2.05, 4.69) is 6.92 Å². The van der Waals surface area contributed by atoms with Gasteiger partial charge in [-0.15, -0.1) is 0 Å². The molecule has 0 amide bonds. The second-order valence-corrected chi connectivity index (χ2v) is 3.70. The first kappa shape index (κ1) is 5.72. The lowest BCUT2D eigenvalue weighted by molar-refractivity contribution is 0.0803. The molecule has 0 aromatic rings. The van der Waals surface area contributed by atoms with Crippen LogP contribution in [0.2, 0.25) is 0 Å². The van der Waals surface area contributed by atoms with E-state index in [-0.39, 0.29) is 0 Å². The molecule has 1 nitrogen and oxygen atoms in total. The van der Waals surface area contributed by atoms with E-state index in [0.717, 1.165) is 17.8 Å². The van der Waals surface area contributed by atoms with Gasteiger partial charge in [-0.3, -0.25) is 0 Å². The van der Waals surface area contributed by atoms with Gasteiger partial charge in [-0.1, -0.05) is 13.3 Å². The summed E-state index contributed by atoms with van der Waals surface area (Å²) < 4.78 is 0. The molecule has 2 fully saturated rings. The van der Waals surface area contributed by atoms with Gasteiger partial charge in [0.1, 0.15) is 0 Å². The Balaban J connectivity index is 2.06. The molecule has 0 heterocycles. The minimum atomic E-state index is 0.553. The fourth-order valence-electron chi connectivity index (χ4n) is 2.68. The van der Waals surface area contributed by atoms with E-state index in [4.69, 9.17) is 5.73 Å². The van der Waals surface area contributed by atoms with Crippen LogP contribution in [0.3, 0.4) is 0 Å². The Morgan fingerprint density at radius 3 is 2.56 bits per heavy atom. The van der Waals surface area contributed by atoms with Gasteiger partial charge in [0, 0.05) is 6.04 Å². The maximum Gasteiger partial charge on any atom is 0.00985 e. The first-order valence-corrected chi connectivity index (χ1v) is 4.06. The van der Waals surface area contributed by atoms with Gasteiger partial charge in [-0.25, -0.2) is 0 Å². The molecule has 0 spiro atoms. The van der Waals surface area contributed by atoms with Crippen LogP contribution in [0.4, 0.5) is 0 Å². The van der Waals surface area contributed by atoms with Crippen molar-refractivity contribution in [3.63, 3.8) is 0 Å². The van der Waals surface area contributed by atoms with Crippen LogP contribution in [0.5, 0.6) is 0 Å². The molecule has 0 radical (unpaired) electrons. The Kier molecular flexibility index (Phi) is 1.10. The predicted molar refractivity (Wildman–Crippen MR) is 38.0 cm³/mol. The fourth-order valence-corrected chi connectivity index (χ4v) is 2.68. The Hall–Kier alpha value is -0.0400. The number of rotatable bonds is 0. The van der Waals surface area contributed by atoms with Crippen LogP contribution >= 0.6 is 0 Å². The van der Waals surface area contributed by atoms with Gasteiger partial charge >= 0.3 is 0 Å². The molecule has 2 rings (SSSR count). The minimum Gasteiger partial charge on any atom is -0.327 e. The van der Waals surface area contributed by atoms with Crippen molar-refractivity contribution in [1.82, 2.24) is 0 Å². The molecule has 2 aliphatic rings. The van der Waals surface area contributed by atoms with Crippen LogP contribution in [0.25, 0.3) is 0 Å². The normalized spacial score (nSPS) is 56.7. The first-order valence-electron chi connectivity index (χ1n) is 4.06. The van der Waals surface area contributed by atoms with Gasteiger partial charge in [0.15, 0.2) is 0 Å². The number of hydrogen-bond donors (Lipinski definition) is 1. The molecule has 4 unspecified atom stereocenters. The lowest BCUT2D eigenvalue weighted by Gasteiger charge is -2.45. The molecule has 2 aliphatic carbocycles. The molecule has 9 heavy (non-hydrogen) atoms. The summed E-state index contributed by atoms with van der Waals surface area (Å²) in [5.41, 5.74) is 5.91. The second kappa shape index (κ2) is 1.72. The standard InChI is InChI=1S/C8H15N/c1-5-6-3-2-4-7(6)8(5)9/h5-8H,2-4,9H2,1H3. The van der Waals surface area contributed by atoms with Crippen LogP contribution in [-0.4, -0.2) is 6.04 Å². The Morgan fingerprint density at radius 1 is 1.22 bits per heavy atom. The van der Waals surface area contributed by atoms with E-state index in [1.807, 2.05) is 0 Å². The molecule has 52 valence electrons. The molecule has 4 atom stereocenters. The summed E-state index contributed by atoms with van der Waals surface area (Å²) in [4.78, 5) is 0. The number of fused-ring (bicyclic) bond motifs is 1. The van der Waals surface area contributed by atoms with Gasteiger partial charge in [-0.05, 0) is 30.6 Å². The summed E-state index contributed by atoms with van der Waals surface area (Å²) in [5.74, 6) is 2.76. The van der Waals surface area contributed by atoms with Crippen molar-refractivity contribution in [1.29, 1.82) is 0 Å². The maximum atomic E-state index is 5.91. The summed E-state index contributed by atoms with van der Waals surface area (Å²) >= 11 is 0. The lowest BCUT2D eigenvalue weighted by atomic mass is 9.64. The largest absolute Gasteiger partial charge is 0.327 e. The first-order chi connectivity index (χ1) is 4.30. The topological polar surface area (TPSA) is 26.0 Å². The van der Waals surface area contributed by atoms with Crippen molar-refractivity contribution >= 4 is 0 Å². The Bertz CT molecular complexity index is 108. The van der Waals surface area contributed by atoms with Gasteiger partial charge in [0.05, 0.1) is 0 Å². The van der Waals surface area contributed by atoms with Crippen LogP contribution in [0.1, 0.15) is 26.2 Å². The van der Waals surface area contributed by atoms with E-state index in [1.54, 1.807) is 0 Å². The summed E-state index contributed by atoms with van der Waals surface area (Å²) in [6.07, 6.45) is 4.31. The zero-order valence-corrected chi connectivity index (χ0v) is 6.01. The van der Waals surface area contributed by atoms with Crippen molar-refractivity contribution in [2.75, 3.05) is 0 Å². The van der Waals surface area contributed by atoms with Gasteiger partial charge in [0.2, 0.25) is 0 Å². The maximum absolute atomic E-state index is 5.91. The van der Waals surface area contributed by atoms with Gasteiger partial charge in [-0.2, -0.15) is 0 Å². The molecule has 1 heteroatoms. The second-order valence-electron chi connectivity index (χ2n) is 3.70. The molecule has 2 N–H and O–H groups in total. The Morgan fingerprint density at radius 2 is 1.89 bits per heavy atom. The van der Waals surface area contributed by atoms with Crippen LogP contribution < -0.4 is 5.73 Å². The third-order valence-electron chi connectivity index (χ3n) is 3.40. The zero-order chi connectivity index (χ0) is 6.43. The van der Waals surface area contributed by atoms with E-state index in [0.29, 0.717) is 6.04 Å². The van der Waals surface area contributed by atoms with E-state index >= 15 is 0 Å². The van der Waals surface area contributed by atoms with E-state index < -0.39 is 0 Å². The third-order valence-corrected chi connectivity index (χ3v) is 3.40. The minimum absolute atomic E-state index is 0.553. The Labute approximate surface area is 56.6 Å². The summed E-state index contributed by atoms with van der Waals surface area (Å²) in [5, 5.41) is 0. The number of hydrogen-bond acceptors (Lipinski definition) is 1. The molecule has 0 bridgehead atoms. The van der Waals surface area contributed by atoms with Crippen molar-refractivity contribution in [2.24, 2.45) is 23.5 Å². The van der Waals surface area contributed by atoms with Crippen molar-refractivity contribution < 1.29 is 0 Å². The molecule has 2 saturated carbocycles. The van der Waals surface area contributed by atoms with E-state index in [9.17, 15) is 0 Å². The molecule has 0 aliphatic heterocycles. The highest BCUT2D eigenvalue weighted by Gasteiger charge is 2.47. The monoisotopic (exact) mass is 125 g/mol. The number of nitrogens with two attached hydrogens (primary N) is 1. The summed E-state index contributed by atoms with van der Waals surface area (Å²) in [6.45, 7) is 2.30. The average Bonchev–Trinajstić information content (AvgIpc) is 2.30. The summed E-state index contributed by atoms with van der Waals surface area (Å²) in [7, 11) is 0. The summed E-state index contributed by atoms with van der Waals surface area (Å²) in [6, 6.07) is 0.553. The molecule has 0 aromatic carbocycles. The van der Waals surface area contributed by atoms with E-state index in [1.165, 1.54) is 19.3 Å². The zero-order valence-electron chi connectivity index (χ0n) is 6.01. The fraction of sp³-hybridized carbons (Fsp3) is 1.00. The van der Waals surface area contributed by atoms with Crippen molar-refractivity contribution in [3.05, 3.63) is 0 Å². The average molecular weight is 125 g/mol. The van der Waals surface area contributed by atoms with Crippen LogP contribution in [-0.2, 0) is 0 Å². The SMILES string of the molecule is CC1C(N)C2CCCC12. The third kappa shape index (κ3) is 0.586. The molecule has 0 aromatic heterocycles. The van der Waals surface area contributed by atoms with Gasteiger partial charge < -0.3 is 5.73 Å². The highest BCUT2D eigenvalue weighted by molar-refractivity contribution is 5.00. The molecule has 0 saturated heterocycles. The predicted octanol–water partition coefficient (Wildman–Crippen LogP) is 1.38. The lowest BCUT2D eigenvalue weighted by Crippen LogP contribution is -2.52. The molecular weight excluding hydrogens is 110 g/mol. The highest BCUT2D eigenvalue weighted by Crippen LogP contribution is 2.49. The van der Waals surface area contributed by atoms with Crippen LogP contribution in [0, 0.1) is 17.8 Å². The highest BCUT2D eigenvalue weighted by atomic mass is 14.8. The van der Waals surface area contributed by atoms with Crippen molar-refractivity contribution in [3.8, 4) is 0 Å². The van der Waals surface area contributed by atoms with Crippen LogP contribution in [0.15, 0.2) is 0 Å². The molecular formula is C8H15N.